The van der Waals surface area contributed by atoms with E-state index in [9.17, 15) is 0 Å². The van der Waals surface area contributed by atoms with Gasteiger partial charge in [0.15, 0.2) is 0 Å². The van der Waals surface area contributed by atoms with E-state index in [1.54, 1.807) is 0 Å². The Kier molecular flexibility index (Phi) is 5.65. The highest BCUT2D eigenvalue weighted by Crippen LogP contribution is 2.24. The van der Waals surface area contributed by atoms with Gasteiger partial charge < -0.3 is 10.1 Å². The molecule has 2 atom stereocenters. The largest absolute Gasteiger partial charge is 0.489 e. The number of aromatic nitrogens is 2. The fraction of sp³-hybridized carbons (Fsp3) is 0.438. The molecule has 0 saturated carbocycles. The number of hydrogen-bond acceptors (Lipinski definition) is 3. The predicted molar refractivity (Wildman–Crippen MR) is 85.9 cm³/mol. The molecule has 2 unspecified atom stereocenters. The average molecular weight is 308 g/mol. The van der Waals surface area contributed by atoms with Crippen molar-refractivity contribution in [3.8, 4) is 5.75 Å². The highest BCUT2D eigenvalue weighted by Gasteiger charge is 2.22. The van der Waals surface area contributed by atoms with Gasteiger partial charge in [-0.25, -0.2) is 0 Å². The molecule has 0 amide bonds. The summed E-state index contributed by atoms with van der Waals surface area (Å²) in [6.45, 7) is 5.10. The summed E-state index contributed by atoms with van der Waals surface area (Å²) in [6, 6.07) is 9.57. The maximum Gasteiger partial charge on any atom is 0.121 e. The number of likely N-dealkylation sites (N-methyl/N-ethyl adjacent to an activating group) is 1. The Morgan fingerprint density at radius 2 is 2.19 bits per heavy atom. The van der Waals surface area contributed by atoms with Crippen molar-refractivity contribution in [3.05, 3.63) is 47.2 Å². The molecular formula is C16H22ClN3O. The molecule has 5 heteroatoms. The Hall–Kier alpha value is -1.52. The lowest BCUT2D eigenvalue weighted by molar-refractivity contribution is 0.170. The molecule has 0 radical (unpaired) electrons. The lowest BCUT2D eigenvalue weighted by Gasteiger charge is -2.25. The minimum atomic E-state index is -0.0410. The van der Waals surface area contributed by atoms with Gasteiger partial charge in [-0.2, -0.15) is 5.10 Å². The summed E-state index contributed by atoms with van der Waals surface area (Å²) in [7, 11) is 1.94. The normalized spacial score (nSPS) is 13.9. The van der Waals surface area contributed by atoms with E-state index in [1.807, 2.05) is 55.2 Å². The first-order chi connectivity index (χ1) is 10.2. The molecule has 0 fully saturated rings. The Morgan fingerprint density at radius 3 is 2.86 bits per heavy atom. The molecular weight excluding hydrogens is 286 g/mol. The van der Waals surface area contributed by atoms with Crippen molar-refractivity contribution >= 4 is 11.6 Å². The molecule has 4 nitrogen and oxygen atoms in total. The van der Waals surface area contributed by atoms with Crippen molar-refractivity contribution in [2.45, 2.75) is 39.0 Å². The minimum absolute atomic E-state index is 0.0410. The van der Waals surface area contributed by atoms with Crippen LogP contribution in [-0.2, 0) is 6.54 Å². The summed E-state index contributed by atoms with van der Waals surface area (Å²) in [5.41, 5.74) is 1.13. The van der Waals surface area contributed by atoms with Crippen molar-refractivity contribution in [2.24, 2.45) is 0 Å². The minimum Gasteiger partial charge on any atom is -0.489 e. The molecule has 0 aliphatic carbocycles. The number of rotatable bonds is 7. The first-order valence-electron chi connectivity index (χ1n) is 7.27. The lowest BCUT2D eigenvalue weighted by Crippen LogP contribution is -2.33. The van der Waals surface area contributed by atoms with Crippen molar-refractivity contribution in [1.82, 2.24) is 15.1 Å². The number of nitrogens with one attached hydrogen (secondary N) is 1. The van der Waals surface area contributed by atoms with Gasteiger partial charge in [-0.05, 0) is 44.7 Å². The number of ether oxygens (including phenoxy) is 1. The predicted octanol–water partition coefficient (Wildman–Crippen LogP) is 3.67. The lowest BCUT2D eigenvalue weighted by atomic mass is 10.1. The molecule has 0 saturated heterocycles. The summed E-state index contributed by atoms with van der Waals surface area (Å²) in [5, 5.41) is 8.37. The van der Waals surface area contributed by atoms with Gasteiger partial charge in [0.05, 0.1) is 11.7 Å². The summed E-state index contributed by atoms with van der Waals surface area (Å²) in [5.74, 6) is 0.775. The van der Waals surface area contributed by atoms with Crippen LogP contribution in [0.1, 0.15) is 32.0 Å². The molecule has 0 bridgehead atoms. The van der Waals surface area contributed by atoms with Gasteiger partial charge in [-0.3, -0.25) is 4.68 Å². The quantitative estimate of drug-likeness (QED) is 0.848. The van der Waals surface area contributed by atoms with E-state index in [2.05, 4.69) is 17.3 Å². The molecule has 0 aliphatic rings. The van der Waals surface area contributed by atoms with Gasteiger partial charge in [0.25, 0.3) is 0 Å². The molecule has 2 rings (SSSR count). The molecule has 1 heterocycles. The maximum atomic E-state index is 6.02. The first kappa shape index (κ1) is 15.9. The zero-order valence-corrected chi connectivity index (χ0v) is 13.5. The molecule has 2 aromatic rings. The second kappa shape index (κ2) is 7.48. The van der Waals surface area contributed by atoms with E-state index in [0.29, 0.717) is 5.02 Å². The molecule has 1 aromatic heterocycles. The van der Waals surface area contributed by atoms with Gasteiger partial charge in [0, 0.05) is 17.8 Å². The zero-order chi connectivity index (χ0) is 15.2. The monoisotopic (exact) mass is 307 g/mol. The third-order valence-electron chi connectivity index (χ3n) is 3.40. The number of halogens is 1. The van der Waals surface area contributed by atoms with Gasteiger partial charge in [0.2, 0.25) is 0 Å². The Bertz CT molecular complexity index is 570. The van der Waals surface area contributed by atoms with Crippen molar-refractivity contribution in [1.29, 1.82) is 0 Å². The van der Waals surface area contributed by atoms with E-state index in [4.69, 9.17) is 16.3 Å². The van der Waals surface area contributed by atoms with Gasteiger partial charge in [-0.1, -0.05) is 24.6 Å². The fourth-order valence-corrected chi connectivity index (χ4v) is 2.63. The van der Waals surface area contributed by atoms with E-state index in [-0.39, 0.29) is 12.1 Å². The molecule has 1 aromatic carbocycles. The average Bonchev–Trinajstić information content (AvgIpc) is 2.88. The highest BCUT2D eigenvalue weighted by molar-refractivity contribution is 6.30. The first-order valence-corrected chi connectivity index (χ1v) is 7.64. The fourth-order valence-electron chi connectivity index (χ4n) is 2.45. The standard InChI is InChI=1S/C16H22ClN3O/c1-4-10-20-15(8-9-19-20)16(18-3)12(2)21-14-7-5-6-13(17)11-14/h5-9,11-12,16,18H,4,10H2,1-3H3. The zero-order valence-electron chi connectivity index (χ0n) is 12.7. The maximum absolute atomic E-state index is 6.02. The molecule has 114 valence electrons. The number of hydrogen-bond donors (Lipinski definition) is 1. The van der Waals surface area contributed by atoms with Crippen LogP contribution in [0.5, 0.6) is 5.75 Å². The van der Waals surface area contributed by atoms with Crippen LogP contribution in [0.2, 0.25) is 5.02 Å². The van der Waals surface area contributed by atoms with Crippen LogP contribution >= 0.6 is 11.6 Å². The smallest absolute Gasteiger partial charge is 0.121 e. The Labute approximate surface area is 131 Å². The highest BCUT2D eigenvalue weighted by atomic mass is 35.5. The van der Waals surface area contributed by atoms with Gasteiger partial charge in [0.1, 0.15) is 11.9 Å². The van der Waals surface area contributed by atoms with Crippen LogP contribution in [0.15, 0.2) is 36.5 Å². The summed E-state index contributed by atoms with van der Waals surface area (Å²) >= 11 is 6.00. The molecule has 1 N–H and O–H groups in total. The van der Waals surface area contributed by atoms with Crippen molar-refractivity contribution in [2.75, 3.05) is 7.05 Å². The van der Waals surface area contributed by atoms with E-state index >= 15 is 0 Å². The van der Waals surface area contributed by atoms with Crippen LogP contribution in [0, 0.1) is 0 Å². The van der Waals surface area contributed by atoms with Crippen LogP contribution < -0.4 is 10.1 Å². The topological polar surface area (TPSA) is 39.1 Å². The molecule has 0 spiro atoms. The Balaban J connectivity index is 2.14. The summed E-state index contributed by atoms with van der Waals surface area (Å²) in [4.78, 5) is 0. The second-order valence-electron chi connectivity index (χ2n) is 5.03. The SMILES string of the molecule is CCCn1nccc1C(NC)C(C)Oc1cccc(Cl)c1. The van der Waals surface area contributed by atoms with E-state index in [1.165, 1.54) is 0 Å². The van der Waals surface area contributed by atoms with Crippen LogP contribution in [0.4, 0.5) is 0 Å². The van der Waals surface area contributed by atoms with E-state index in [0.717, 1.165) is 24.4 Å². The van der Waals surface area contributed by atoms with Crippen molar-refractivity contribution in [3.63, 3.8) is 0 Å². The molecule has 21 heavy (non-hydrogen) atoms. The van der Waals surface area contributed by atoms with Gasteiger partial charge >= 0.3 is 0 Å². The van der Waals surface area contributed by atoms with Crippen LogP contribution in [0.25, 0.3) is 0 Å². The third kappa shape index (κ3) is 3.99. The van der Waals surface area contributed by atoms with E-state index < -0.39 is 0 Å². The third-order valence-corrected chi connectivity index (χ3v) is 3.64. The summed E-state index contributed by atoms with van der Waals surface area (Å²) in [6.07, 6.45) is 2.84. The number of benzene rings is 1. The van der Waals surface area contributed by atoms with Crippen LogP contribution in [0.3, 0.4) is 0 Å². The Morgan fingerprint density at radius 1 is 1.38 bits per heavy atom. The van der Waals surface area contributed by atoms with Crippen LogP contribution in [-0.4, -0.2) is 22.9 Å². The number of nitrogens with zero attached hydrogens (tertiary/aromatic N) is 2. The number of aryl methyl sites for hydroxylation is 1. The van der Waals surface area contributed by atoms with Gasteiger partial charge in [-0.15, -0.1) is 0 Å². The summed E-state index contributed by atoms with van der Waals surface area (Å²) < 4.78 is 8.04. The second-order valence-corrected chi connectivity index (χ2v) is 5.46. The molecule has 0 aliphatic heterocycles. The van der Waals surface area contributed by atoms with Crippen molar-refractivity contribution < 1.29 is 4.74 Å².